The van der Waals surface area contributed by atoms with E-state index in [0.717, 1.165) is 30.8 Å². The molecule has 2 aromatic carbocycles. The van der Waals surface area contributed by atoms with Gasteiger partial charge in [-0.1, -0.05) is 42.5 Å². The van der Waals surface area contributed by atoms with Crippen molar-refractivity contribution in [3.05, 3.63) is 71.3 Å². The zero-order valence-corrected chi connectivity index (χ0v) is 13.8. The number of nitrogens with zero attached hydrogens (tertiary/aromatic N) is 1. The number of likely N-dealkylation sites (tertiary alicyclic amines) is 1. The summed E-state index contributed by atoms with van der Waals surface area (Å²) in [5.74, 6) is -0.152. The van der Waals surface area contributed by atoms with E-state index in [1.807, 2.05) is 48.5 Å². The SMILES string of the molecule is O=C(NC(CO)c1ccccc1)c1cccc(CN2CCCC2)c1. The van der Waals surface area contributed by atoms with Gasteiger partial charge in [0, 0.05) is 12.1 Å². The molecule has 1 saturated heterocycles. The first-order valence-corrected chi connectivity index (χ1v) is 8.54. The Balaban J connectivity index is 1.67. The quantitative estimate of drug-likeness (QED) is 0.859. The van der Waals surface area contributed by atoms with Crippen LogP contribution in [0, 0.1) is 0 Å². The fourth-order valence-corrected chi connectivity index (χ4v) is 3.17. The van der Waals surface area contributed by atoms with Crippen molar-refractivity contribution >= 4 is 5.91 Å². The Labute approximate surface area is 143 Å². The van der Waals surface area contributed by atoms with Gasteiger partial charge in [0.15, 0.2) is 0 Å². The Morgan fingerprint density at radius 2 is 1.83 bits per heavy atom. The minimum Gasteiger partial charge on any atom is -0.394 e. The van der Waals surface area contributed by atoms with Crippen molar-refractivity contribution in [2.75, 3.05) is 19.7 Å². The standard InChI is InChI=1S/C20H24N2O2/c23-15-19(17-8-2-1-3-9-17)21-20(24)18-10-6-7-16(13-18)14-22-11-4-5-12-22/h1-3,6-10,13,19,23H,4-5,11-12,14-15H2,(H,21,24). The Morgan fingerprint density at radius 1 is 1.08 bits per heavy atom. The molecule has 0 aromatic heterocycles. The van der Waals surface area contributed by atoms with Crippen LogP contribution in [0.25, 0.3) is 0 Å². The average Bonchev–Trinajstić information content (AvgIpc) is 3.13. The van der Waals surface area contributed by atoms with E-state index in [1.165, 1.54) is 12.8 Å². The van der Waals surface area contributed by atoms with Gasteiger partial charge < -0.3 is 10.4 Å². The first-order chi connectivity index (χ1) is 11.8. The van der Waals surface area contributed by atoms with Gasteiger partial charge in [-0.2, -0.15) is 0 Å². The highest BCUT2D eigenvalue weighted by Crippen LogP contribution is 2.16. The second-order valence-electron chi connectivity index (χ2n) is 6.30. The monoisotopic (exact) mass is 324 g/mol. The van der Waals surface area contributed by atoms with Crippen LogP contribution in [-0.2, 0) is 6.54 Å². The Morgan fingerprint density at radius 3 is 2.54 bits per heavy atom. The first kappa shape index (κ1) is 16.7. The van der Waals surface area contributed by atoms with Crippen molar-refractivity contribution in [3.63, 3.8) is 0 Å². The predicted molar refractivity (Wildman–Crippen MR) is 94.7 cm³/mol. The number of carbonyl (C=O) groups is 1. The molecular formula is C20H24N2O2. The van der Waals surface area contributed by atoms with Crippen LogP contribution < -0.4 is 5.32 Å². The molecule has 2 aromatic rings. The molecular weight excluding hydrogens is 300 g/mol. The number of carbonyl (C=O) groups excluding carboxylic acids is 1. The highest BCUT2D eigenvalue weighted by atomic mass is 16.3. The molecule has 1 unspecified atom stereocenters. The Kier molecular flexibility index (Phi) is 5.62. The molecule has 2 N–H and O–H groups in total. The molecule has 0 saturated carbocycles. The van der Waals surface area contributed by atoms with Gasteiger partial charge in [-0.05, 0) is 49.2 Å². The Hall–Kier alpha value is -2.17. The summed E-state index contributed by atoms with van der Waals surface area (Å²) in [5, 5.41) is 12.5. The fourth-order valence-electron chi connectivity index (χ4n) is 3.17. The summed E-state index contributed by atoms with van der Waals surface area (Å²) in [4.78, 5) is 15.0. The van der Waals surface area contributed by atoms with E-state index in [-0.39, 0.29) is 18.6 Å². The van der Waals surface area contributed by atoms with Crippen molar-refractivity contribution < 1.29 is 9.90 Å². The molecule has 1 amide bonds. The zero-order chi connectivity index (χ0) is 16.8. The van der Waals surface area contributed by atoms with Gasteiger partial charge in [0.1, 0.15) is 0 Å². The molecule has 0 spiro atoms. The molecule has 4 nitrogen and oxygen atoms in total. The number of aliphatic hydroxyl groups is 1. The molecule has 126 valence electrons. The van der Waals surface area contributed by atoms with Crippen LogP contribution in [0.5, 0.6) is 0 Å². The molecule has 3 rings (SSSR count). The zero-order valence-electron chi connectivity index (χ0n) is 13.8. The molecule has 0 bridgehead atoms. The lowest BCUT2D eigenvalue weighted by Gasteiger charge is -2.18. The van der Waals surface area contributed by atoms with Crippen LogP contribution in [0.3, 0.4) is 0 Å². The predicted octanol–water partition coefficient (Wildman–Crippen LogP) is 2.75. The third-order valence-corrected chi connectivity index (χ3v) is 4.48. The van der Waals surface area contributed by atoms with E-state index in [9.17, 15) is 9.90 Å². The molecule has 1 aliphatic heterocycles. The molecule has 1 atom stereocenters. The highest BCUT2D eigenvalue weighted by Gasteiger charge is 2.16. The molecule has 1 aliphatic rings. The fraction of sp³-hybridized carbons (Fsp3) is 0.350. The smallest absolute Gasteiger partial charge is 0.251 e. The van der Waals surface area contributed by atoms with Crippen LogP contribution in [0.1, 0.15) is 40.4 Å². The number of amides is 1. The number of hydrogen-bond acceptors (Lipinski definition) is 3. The second kappa shape index (κ2) is 8.08. The largest absolute Gasteiger partial charge is 0.394 e. The summed E-state index contributed by atoms with van der Waals surface area (Å²) in [5.41, 5.74) is 2.70. The van der Waals surface area contributed by atoms with Gasteiger partial charge in [0.2, 0.25) is 0 Å². The second-order valence-corrected chi connectivity index (χ2v) is 6.30. The molecule has 4 heteroatoms. The third kappa shape index (κ3) is 4.22. The lowest BCUT2D eigenvalue weighted by molar-refractivity contribution is 0.0916. The van der Waals surface area contributed by atoms with Crippen LogP contribution in [0.15, 0.2) is 54.6 Å². The molecule has 1 fully saturated rings. The maximum atomic E-state index is 12.5. The van der Waals surface area contributed by atoms with Gasteiger partial charge in [0.25, 0.3) is 5.91 Å². The molecule has 0 radical (unpaired) electrons. The molecule has 24 heavy (non-hydrogen) atoms. The van der Waals surface area contributed by atoms with Gasteiger partial charge in [-0.3, -0.25) is 9.69 Å². The summed E-state index contributed by atoms with van der Waals surface area (Å²) in [7, 11) is 0. The summed E-state index contributed by atoms with van der Waals surface area (Å²) < 4.78 is 0. The van der Waals surface area contributed by atoms with E-state index in [0.29, 0.717) is 5.56 Å². The highest BCUT2D eigenvalue weighted by molar-refractivity contribution is 5.94. The Bertz CT molecular complexity index is 666. The number of rotatable bonds is 6. The average molecular weight is 324 g/mol. The van der Waals surface area contributed by atoms with Crippen LogP contribution in [0.2, 0.25) is 0 Å². The lowest BCUT2D eigenvalue weighted by Crippen LogP contribution is -2.30. The number of hydrogen-bond donors (Lipinski definition) is 2. The maximum absolute atomic E-state index is 12.5. The van der Waals surface area contributed by atoms with Crippen LogP contribution >= 0.6 is 0 Å². The number of nitrogens with one attached hydrogen (secondary N) is 1. The summed E-state index contributed by atoms with van der Waals surface area (Å²) in [6.07, 6.45) is 2.52. The van der Waals surface area contributed by atoms with Gasteiger partial charge in [0.05, 0.1) is 12.6 Å². The van der Waals surface area contributed by atoms with E-state index in [4.69, 9.17) is 0 Å². The normalized spacial score (nSPS) is 16.0. The summed E-state index contributed by atoms with van der Waals surface area (Å²) in [6.45, 7) is 3.04. The van der Waals surface area contributed by atoms with Crippen molar-refractivity contribution in [3.8, 4) is 0 Å². The van der Waals surface area contributed by atoms with Crippen molar-refractivity contribution in [1.82, 2.24) is 10.2 Å². The third-order valence-electron chi connectivity index (χ3n) is 4.48. The topological polar surface area (TPSA) is 52.6 Å². The van der Waals surface area contributed by atoms with E-state index >= 15 is 0 Å². The van der Waals surface area contributed by atoms with Crippen molar-refractivity contribution in [2.24, 2.45) is 0 Å². The number of aliphatic hydroxyl groups excluding tert-OH is 1. The van der Waals surface area contributed by atoms with E-state index < -0.39 is 0 Å². The minimum atomic E-state index is -0.388. The van der Waals surface area contributed by atoms with E-state index in [2.05, 4.69) is 16.3 Å². The molecule has 0 aliphatic carbocycles. The van der Waals surface area contributed by atoms with Crippen molar-refractivity contribution in [2.45, 2.75) is 25.4 Å². The first-order valence-electron chi connectivity index (χ1n) is 8.54. The van der Waals surface area contributed by atoms with Crippen LogP contribution in [0.4, 0.5) is 0 Å². The lowest BCUT2D eigenvalue weighted by atomic mass is 10.1. The number of benzene rings is 2. The van der Waals surface area contributed by atoms with Gasteiger partial charge >= 0.3 is 0 Å². The summed E-state index contributed by atoms with van der Waals surface area (Å²) >= 11 is 0. The van der Waals surface area contributed by atoms with E-state index in [1.54, 1.807) is 0 Å². The van der Waals surface area contributed by atoms with Gasteiger partial charge in [-0.25, -0.2) is 0 Å². The molecule has 1 heterocycles. The minimum absolute atomic E-state index is 0.122. The maximum Gasteiger partial charge on any atom is 0.251 e. The van der Waals surface area contributed by atoms with Gasteiger partial charge in [-0.15, -0.1) is 0 Å². The van der Waals surface area contributed by atoms with Crippen LogP contribution in [-0.4, -0.2) is 35.6 Å². The van der Waals surface area contributed by atoms with Crippen molar-refractivity contribution in [1.29, 1.82) is 0 Å². The summed E-state index contributed by atoms with van der Waals surface area (Å²) in [6, 6.07) is 16.9.